The molecule has 1 fully saturated rings. The molecule has 3 rings (SSSR count). The average molecular weight is 457 g/mol. The maximum Gasteiger partial charge on any atom is 0.165 e. The van der Waals surface area contributed by atoms with Gasteiger partial charge in [-0.3, -0.25) is 0 Å². The number of hydrogen-bond donors (Lipinski definition) is 0. The number of aryl methyl sites for hydroxylation is 1. The fourth-order valence-electron chi connectivity index (χ4n) is 5.86. The summed E-state index contributed by atoms with van der Waals surface area (Å²) in [6.45, 7) is 5.09. The van der Waals surface area contributed by atoms with Crippen molar-refractivity contribution in [2.45, 2.75) is 123 Å². The Bertz CT molecular complexity index is 701. The van der Waals surface area contributed by atoms with E-state index in [9.17, 15) is 4.39 Å². The van der Waals surface area contributed by atoms with Crippen LogP contribution in [-0.4, -0.2) is 6.61 Å². The Hall–Kier alpha value is -1.31. The summed E-state index contributed by atoms with van der Waals surface area (Å²) in [5, 5.41) is 0. The van der Waals surface area contributed by atoms with E-state index >= 15 is 0 Å². The van der Waals surface area contributed by atoms with Crippen molar-refractivity contribution in [3.63, 3.8) is 0 Å². The first kappa shape index (κ1) is 26.3. The van der Waals surface area contributed by atoms with E-state index in [0.717, 1.165) is 55.4 Å². The Balaban J connectivity index is 1.31. The Morgan fingerprint density at radius 2 is 1.55 bits per heavy atom. The molecule has 1 aromatic carbocycles. The molecule has 0 radical (unpaired) electrons. The predicted octanol–water partition coefficient (Wildman–Crippen LogP) is 9.83. The number of allylic oxidation sites excluding steroid dienone is 2. The van der Waals surface area contributed by atoms with Gasteiger partial charge in [0, 0.05) is 0 Å². The van der Waals surface area contributed by atoms with E-state index in [2.05, 4.69) is 19.9 Å². The molecule has 1 atom stereocenters. The average Bonchev–Trinajstić information content (AvgIpc) is 2.85. The molecule has 1 saturated carbocycles. The minimum absolute atomic E-state index is 0.207. The van der Waals surface area contributed by atoms with E-state index in [0.29, 0.717) is 12.4 Å². The molecule has 2 aliphatic carbocycles. The third-order valence-electron chi connectivity index (χ3n) is 8.27. The fourth-order valence-corrected chi connectivity index (χ4v) is 5.86. The van der Waals surface area contributed by atoms with Crippen molar-refractivity contribution in [2.24, 2.45) is 17.8 Å². The van der Waals surface area contributed by atoms with Crippen LogP contribution in [0.15, 0.2) is 29.8 Å². The summed E-state index contributed by atoms with van der Waals surface area (Å²) < 4.78 is 20.0. The van der Waals surface area contributed by atoms with Crippen LogP contribution in [0.5, 0.6) is 5.75 Å². The van der Waals surface area contributed by atoms with Gasteiger partial charge in [-0.25, -0.2) is 4.39 Å². The molecule has 2 heteroatoms. The highest BCUT2D eigenvalue weighted by atomic mass is 19.1. The smallest absolute Gasteiger partial charge is 0.165 e. The lowest BCUT2D eigenvalue weighted by Gasteiger charge is -2.30. The molecule has 186 valence electrons. The highest BCUT2D eigenvalue weighted by Crippen LogP contribution is 2.37. The van der Waals surface area contributed by atoms with Crippen LogP contribution in [-0.2, 0) is 6.42 Å². The summed E-state index contributed by atoms with van der Waals surface area (Å²) >= 11 is 0. The van der Waals surface area contributed by atoms with Gasteiger partial charge in [-0.1, -0.05) is 95.8 Å². The van der Waals surface area contributed by atoms with Crippen LogP contribution >= 0.6 is 0 Å². The van der Waals surface area contributed by atoms with Crippen molar-refractivity contribution in [2.75, 3.05) is 6.61 Å². The lowest BCUT2D eigenvalue weighted by Crippen LogP contribution is -2.16. The third kappa shape index (κ3) is 9.45. The summed E-state index contributed by atoms with van der Waals surface area (Å²) in [5.41, 5.74) is 2.67. The van der Waals surface area contributed by atoms with Crippen molar-refractivity contribution in [3.05, 3.63) is 41.2 Å². The minimum Gasteiger partial charge on any atom is -0.491 e. The predicted molar refractivity (Wildman–Crippen MR) is 139 cm³/mol. The first-order valence-electron chi connectivity index (χ1n) is 14.3. The summed E-state index contributed by atoms with van der Waals surface area (Å²) in [5.74, 6) is 3.13. The molecule has 0 amide bonds. The van der Waals surface area contributed by atoms with Crippen LogP contribution in [0.2, 0.25) is 0 Å². The van der Waals surface area contributed by atoms with E-state index < -0.39 is 0 Å². The van der Waals surface area contributed by atoms with Gasteiger partial charge in [0.15, 0.2) is 11.6 Å². The monoisotopic (exact) mass is 456 g/mol. The lowest BCUT2D eigenvalue weighted by atomic mass is 9.76. The molecule has 0 N–H and O–H groups in total. The highest BCUT2D eigenvalue weighted by Gasteiger charge is 2.22. The molecule has 0 bridgehead atoms. The number of benzene rings is 1. The van der Waals surface area contributed by atoms with Gasteiger partial charge < -0.3 is 4.74 Å². The highest BCUT2D eigenvalue weighted by molar-refractivity contribution is 5.30. The van der Waals surface area contributed by atoms with E-state index in [1.807, 2.05) is 12.1 Å². The van der Waals surface area contributed by atoms with Crippen molar-refractivity contribution < 1.29 is 9.13 Å². The van der Waals surface area contributed by atoms with Crippen molar-refractivity contribution in [1.29, 1.82) is 0 Å². The molecule has 0 saturated heterocycles. The number of ether oxygens (including phenoxy) is 1. The zero-order chi connectivity index (χ0) is 23.3. The standard InChI is InChI=1S/C31H49FO/c1-3-5-7-23-33-31-22-21-29(24-30(31)32)20-19-28-17-15-27(16-18-28)14-13-26-11-9-25(10-12-26)8-6-4-2/h17,21-22,24-27H,3-16,18-20,23H2,1-2H3. The quantitative estimate of drug-likeness (QED) is 0.200. The first-order chi connectivity index (χ1) is 16.2. The second kappa shape index (κ2) is 14.8. The lowest BCUT2D eigenvalue weighted by molar-refractivity contribution is 0.235. The maximum atomic E-state index is 14.4. The van der Waals surface area contributed by atoms with E-state index in [-0.39, 0.29) is 5.82 Å². The van der Waals surface area contributed by atoms with Gasteiger partial charge in [0.2, 0.25) is 0 Å². The molecule has 1 aromatic rings. The maximum absolute atomic E-state index is 14.4. The summed E-state index contributed by atoms with van der Waals surface area (Å²) in [6, 6.07) is 5.54. The van der Waals surface area contributed by atoms with E-state index in [1.165, 1.54) is 77.0 Å². The largest absolute Gasteiger partial charge is 0.491 e. The van der Waals surface area contributed by atoms with Gasteiger partial charge >= 0.3 is 0 Å². The van der Waals surface area contributed by atoms with Crippen LogP contribution in [0.3, 0.4) is 0 Å². The molecule has 2 aliphatic rings. The summed E-state index contributed by atoms with van der Waals surface area (Å²) in [7, 11) is 0. The van der Waals surface area contributed by atoms with Gasteiger partial charge in [-0.15, -0.1) is 0 Å². The van der Waals surface area contributed by atoms with Crippen LogP contribution in [0, 0.1) is 23.6 Å². The van der Waals surface area contributed by atoms with Gasteiger partial charge in [0.25, 0.3) is 0 Å². The minimum atomic E-state index is -0.207. The molecule has 0 aromatic heterocycles. The second-order valence-corrected chi connectivity index (χ2v) is 10.9. The topological polar surface area (TPSA) is 9.23 Å². The number of hydrogen-bond acceptors (Lipinski definition) is 1. The van der Waals surface area contributed by atoms with Gasteiger partial charge in [0.1, 0.15) is 0 Å². The zero-order valence-electron chi connectivity index (χ0n) is 21.6. The van der Waals surface area contributed by atoms with Crippen LogP contribution in [0.4, 0.5) is 4.39 Å². The normalized spacial score (nSPS) is 23.4. The Morgan fingerprint density at radius 3 is 2.21 bits per heavy atom. The number of unbranched alkanes of at least 4 members (excludes halogenated alkanes) is 3. The van der Waals surface area contributed by atoms with Crippen molar-refractivity contribution in [3.8, 4) is 5.75 Å². The van der Waals surface area contributed by atoms with Gasteiger partial charge in [-0.2, -0.15) is 0 Å². The van der Waals surface area contributed by atoms with Crippen LogP contribution < -0.4 is 4.74 Å². The van der Waals surface area contributed by atoms with E-state index in [1.54, 1.807) is 11.6 Å². The molecule has 0 heterocycles. The fraction of sp³-hybridized carbons (Fsp3) is 0.742. The Labute approximate surface area is 203 Å². The van der Waals surface area contributed by atoms with Gasteiger partial charge in [-0.05, 0) is 80.4 Å². The molecule has 1 unspecified atom stereocenters. The summed E-state index contributed by atoms with van der Waals surface area (Å²) in [6.07, 6.45) is 24.8. The van der Waals surface area contributed by atoms with Crippen LogP contribution in [0.25, 0.3) is 0 Å². The zero-order valence-corrected chi connectivity index (χ0v) is 21.6. The Kier molecular flexibility index (Phi) is 11.8. The van der Waals surface area contributed by atoms with Crippen molar-refractivity contribution >= 4 is 0 Å². The second-order valence-electron chi connectivity index (χ2n) is 10.9. The molecule has 1 nitrogen and oxygen atoms in total. The third-order valence-corrected chi connectivity index (χ3v) is 8.27. The SMILES string of the molecule is CCCCCOc1ccc(CCC2=CCC(CCC3CCC(CCCC)CC3)CC2)cc1F. The van der Waals surface area contributed by atoms with Crippen molar-refractivity contribution in [1.82, 2.24) is 0 Å². The van der Waals surface area contributed by atoms with Crippen LogP contribution in [0.1, 0.15) is 122 Å². The molecule has 33 heavy (non-hydrogen) atoms. The summed E-state index contributed by atoms with van der Waals surface area (Å²) in [4.78, 5) is 0. The molecular formula is C31H49FO. The molecule has 0 spiro atoms. The van der Waals surface area contributed by atoms with Gasteiger partial charge in [0.05, 0.1) is 6.61 Å². The number of rotatable bonds is 14. The number of halogens is 1. The molecule has 0 aliphatic heterocycles. The first-order valence-corrected chi connectivity index (χ1v) is 14.3. The van der Waals surface area contributed by atoms with E-state index in [4.69, 9.17) is 4.74 Å². The Morgan fingerprint density at radius 1 is 0.818 bits per heavy atom. The molecular weight excluding hydrogens is 407 g/mol.